The number of hydrogen-bond donors (Lipinski definition) is 2. The molecule has 0 spiro atoms. The van der Waals surface area contributed by atoms with Gasteiger partial charge in [0, 0.05) is 0 Å². The van der Waals surface area contributed by atoms with Crippen molar-refractivity contribution in [2.45, 2.75) is 45.6 Å². The van der Waals surface area contributed by atoms with Crippen LogP contribution < -0.4 is 15.5 Å². The van der Waals surface area contributed by atoms with Gasteiger partial charge in [0.1, 0.15) is 24.0 Å². The fourth-order valence-electron chi connectivity index (χ4n) is 4.11. The van der Waals surface area contributed by atoms with Crippen molar-refractivity contribution in [2.75, 3.05) is 6.61 Å². The van der Waals surface area contributed by atoms with Gasteiger partial charge >= 0.3 is 6.09 Å². The van der Waals surface area contributed by atoms with E-state index in [1.165, 1.54) is 10.8 Å². The van der Waals surface area contributed by atoms with E-state index in [0.717, 1.165) is 29.6 Å². The third-order valence-electron chi connectivity index (χ3n) is 6.06. The number of nitrogens with zero attached hydrogens (tertiary/aromatic N) is 1. The monoisotopic (exact) mass is 805 g/mol. The summed E-state index contributed by atoms with van der Waals surface area (Å²) in [5, 5.41) is 9.05. The lowest BCUT2D eigenvalue weighted by Gasteiger charge is -2.22. The minimum atomic E-state index is -1.01. The van der Waals surface area contributed by atoms with Gasteiger partial charge in [-0.25, -0.2) is 10.2 Å². The molecule has 0 radical (unpaired) electrons. The number of amides is 2. The Morgan fingerprint density at radius 1 is 0.907 bits per heavy atom. The van der Waals surface area contributed by atoms with Gasteiger partial charge in [-0.3, -0.25) is 4.79 Å². The van der Waals surface area contributed by atoms with Crippen molar-refractivity contribution in [2.24, 2.45) is 5.10 Å². The molecule has 4 aromatic rings. The second kappa shape index (κ2) is 15.5. The van der Waals surface area contributed by atoms with Gasteiger partial charge in [0.15, 0.2) is 0 Å². The summed E-state index contributed by atoms with van der Waals surface area (Å²) in [6, 6.07) is 26.8. The number of nitrogens with one attached hydrogen (secondary N) is 2. The second-order valence-corrected chi connectivity index (χ2v) is 13.0. The van der Waals surface area contributed by atoms with Crippen LogP contribution in [0.15, 0.2) is 90.0 Å². The molecule has 0 unspecified atom stereocenters. The van der Waals surface area contributed by atoms with Crippen LogP contribution in [0.2, 0.25) is 0 Å². The molecule has 2 amide bonds. The molecule has 0 saturated heterocycles. The molecule has 0 aromatic heterocycles. The Kier molecular flexibility index (Phi) is 11.8. The van der Waals surface area contributed by atoms with E-state index in [0.29, 0.717) is 6.61 Å². The van der Waals surface area contributed by atoms with Gasteiger partial charge in [0.25, 0.3) is 5.91 Å². The van der Waals surface area contributed by atoms with Gasteiger partial charge in [-0.15, -0.1) is 0 Å². The van der Waals surface area contributed by atoms with Gasteiger partial charge in [0.05, 0.1) is 26.6 Å². The Labute approximate surface area is 278 Å². The molecule has 0 fully saturated rings. The van der Waals surface area contributed by atoms with Crippen LogP contribution in [-0.4, -0.2) is 36.5 Å². The van der Waals surface area contributed by atoms with Gasteiger partial charge in [-0.2, -0.15) is 5.10 Å². The molecule has 43 heavy (non-hydrogen) atoms. The fraction of sp³-hybridized carbons (Fsp3) is 0.242. The Hall–Kier alpha value is -3.23. The molecular formula is C33H33I2N3O5. The van der Waals surface area contributed by atoms with Crippen molar-refractivity contribution in [3.63, 3.8) is 0 Å². The summed E-state index contributed by atoms with van der Waals surface area (Å²) in [6.45, 7) is 5.92. The molecule has 0 aliphatic carbocycles. The van der Waals surface area contributed by atoms with Crippen molar-refractivity contribution in [1.29, 1.82) is 0 Å². The highest BCUT2D eigenvalue weighted by Crippen LogP contribution is 2.30. The zero-order valence-corrected chi connectivity index (χ0v) is 28.4. The SMILES string of the molecule is CC(C)(C)OC(=O)N[C@@H](COCc1ccccc1)C(=O)N/N=C\c1cc(I)c(OCc2cccc3ccccc23)c(I)c1. The molecule has 2 N–H and O–H groups in total. The van der Waals surface area contributed by atoms with Crippen LogP contribution in [0, 0.1) is 7.14 Å². The number of alkyl carbamates (subject to hydrolysis) is 1. The van der Waals surface area contributed by atoms with E-state index in [1.807, 2.05) is 60.7 Å². The Bertz CT molecular complexity index is 1560. The quantitative estimate of drug-likeness (QED) is 0.0952. The molecule has 0 aliphatic rings. The first-order valence-corrected chi connectivity index (χ1v) is 15.8. The number of fused-ring (bicyclic) bond motifs is 1. The second-order valence-electron chi connectivity index (χ2n) is 10.7. The largest absolute Gasteiger partial charge is 0.487 e. The molecular weight excluding hydrogens is 772 g/mol. The number of halogens is 2. The Morgan fingerprint density at radius 3 is 2.30 bits per heavy atom. The molecule has 8 nitrogen and oxygen atoms in total. The Morgan fingerprint density at radius 2 is 1.58 bits per heavy atom. The molecule has 0 bridgehead atoms. The molecule has 0 aliphatic heterocycles. The summed E-state index contributed by atoms with van der Waals surface area (Å²) in [7, 11) is 0. The van der Waals surface area contributed by atoms with Crippen molar-refractivity contribution < 1.29 is 23.8 Å². The molecule has 10 heteroatoms. The van der Waals surface area contributed by atoms with Gasteiger partial charge in [-0.05, 0) is 106 Å². The zero-order chi connectivity index (χ0) is 30.8. The van der Waals surface area contributed by atoms with E-state index in [4.69, 9.17) is 14.2 Å². The number of carbonyl (C=O) groups is 2. The number of carbonyl (C=O) groups excluding carboxylic acids is 2. The number of hydrazone groups is 1. The van der Waals surface area contributed by atoms with Crippen LogP contribution in [0.25, 0.3) is 10.8 Å². The average Bonchev–Trinajstić information content (AvgIpc) is 2.96. The van der Waals surface area contributed by atoms with E-state index in [1.54, 1.807) is 27.0 Å². The van der Waals surface area contributed by atoms with E-state index >= 15 is 0 Å². The third kappa shape index (κ3) is 10.2. The lowest BCUT2D eigenvalue weighted by atomic mass is 10.1. The number of ether oxygens (including phenoxy) is 3. The highest BCUT2D eigenvalue weighted by molar-refractivity contribution is 14.1. The molecule has 0 saturated carbocycles. The van der Waals surface area contributed by atoms with Crippen LogP contribution >= 0.6 is 45.2 Å². The van der Waals surface area contributed by atoms with Gasteiger partial charge in [0.2, 0.25) is 0 Å². The van der Waals surface area contributed by atoms with Gasteiger partial charge in [-0.1, -0.05) is 72.8 Å². The number of rotatable bonds is 11. The maximum Gasteiger partial charge on any atom is 0.408 e. The normalized spacial score (nSPS) is 12.2. The summed E-state index contributed by atoms with van der Waals surface area (Å²) in [4.78, 5) is 25.4. The van der Waals surface area contributed by atoms with Crippen LogP contribution in [0.3, 0.4) is 0 Å². The maximum atomic E-state index is 13.0. The first-order valence-electron chi connectivity index (χ1n) is 13.6. The minimum Gasteiger partial charge on any atom is -0.487 e. The Balaban J connectivity index is 1.38. The molecule has 224 valence electrons. The molecule has 4 aromatic carbocycles. The van der Waals surface area contributed by atoms with E-state index in [-0.39, 0.29) is 13.2 Å². The van der Waals surface area contributed by atoms with E-state index < -0.39 is 23.6 Å². The lowest BCUT2D eigenvalue weighted by Crippen LogP contribution is -2.49. The summed E-state index contributed by atoms with van der Waals surface area (Å²) in [5.74, 6) is 0.252. The fourth-order valence-corrected chi connectivity index (χ4v) is 6.24. The summed E-state index contributed by atoms with van der Waals surface area (Å²) < 4.78 is 19.1. The third-order valence-corrected chi connectivity index (χ3v) is 7.67. The van der Waals surface area contributed by atoms with E-state index in [9.17, 15) is 9.59 Å². The van der Waals surface area contributed by atoms with Crippen LogP contribution in [0.4, 0.5) is 4.79 Å². The summed E-state index contributed by atoms with van der Waals surface area (Å²) in [6.07, 6.45) is 0.828. The van der Waals surface area contributed by atoms with Crippen molar-refractivity contribution >= 4 is 74.2 Å². The standard InChI is InChI=1S/C33H33I2N3O5/c1-33(2,3)43-32(40)37-29(21-41-19-22-10-5-4-6-11-22)31(39)38-36-18-23-16-27(34)30(28(35)17-23)42-20-25-14-9-13-24-12-7-8-15-26(24)25/h4-18,29H,19-21H2,1-3H3,(H,37,40)(H,38,39)/b36-18-/t29-/m0/s1. The summed E-state index contributed by atoms with van der Waals surface area (Å²) in [5.41, 5.74) is 4.64. The predicted octanol–water partition coefficient (Wildman–Crippen LogP) is 7.19. The van der Waals surface area contributed by atoms with Crippen molar-refractivity contribution in [1.82, 2.24) is 10.7 Å². The summed E-state index contributed by atoms with van der Waals surface area (Å²) >= 11 is 4.47. The highest BCUT2D eigenvalue weighted by atomic mass is 127. The van der Waals surface area contributed by atoms with Gasteiger partial charge < -0.3 is 19.5 Å². The highest BCUT2D eigenvalue weighted by Gasteiger charge is 2.24. The van der Waals surface area contributed by atoms with Crippen molar-refractivity contribution in [3.05, 3.63) is 109 Å². The average molecular weight is 805 g/mol. The van der Waals surface area contributed by atoms with Crippen LogP contribution in [-0.2, 0) is 27.5 Å². The number of benzene rings is 4. The van der Waals surface area contributed by atoms with Crippen LogP contribution in [0.5, 0.6) is 5.75 Å². The van der Waals surface area contributed by atoms with Crippen LogP contribution in [0.1, 0.15) is 37.5 Å². The topological polar surface area (TPSA) is 98.2 Å². The first kappa shape index (κ1) is 32.7. The molecule has 1 atom stereocenters. The van der Waals surface area contributed by atoms with E-state index in [2.05, 4.69) is 85.3 Å². The molecule has 0 heterocycles. The maximum absolute atomic E-state index is 13.0. The minimum absolute atomic E-state index is 0.0615. The lowest BCUT2D eigenvalue weighted by molar-refractivity contribution is -0.124. The predicted molar refractivity (Wildman–Crippen MR) is 185 cm³/mol. The smallest absolute Gasteiger partial charge is 0.408 e. The molecule has 4 rings (SSSR count). The first-order chi connectivity index (χ1) is 20.6. The number of hydrogen-bond acceptors (Lipinski definition) is 6. The van der Waals surface area contributed by atoms with Crippen molar-refractivity contribution in [3.8, 4) is 5.75 Å². The zero-order valence-electron chi connectivity index (χ0n) is 24.1.